The van der Waals surface area contributed by atoms with Crippen molar-refractivity contribution in [2.24, 2.45) is 25.6 Å². The maximum absolute atomic E-state index is 11.4. The van der Waals surface area contributed by atoms with Crippen LogP contribution in [0.3, 0.4) is 0 Å². The summed E-state index contributed by atoms with van der Waals surface area (Å²) in [6, 6.07) is 20.3. The van der Waals surface area contributed by atoms with Crippen molar-refractivity contribution in [3.05, 3.63) is 84.4 Å². The zero-order valence-electron chi connectivity index (χ0n) is 16.0. The van der Waals surface area contributed by atoms with E-state index in [1.54, 1.807) is 12.1 Å². The number of sulfonamides is 2. The lowest BCUT2D eigenvalue weighted by atomic mass is 10.2. The predicted octanol–water partition coefficient (Wildman–Crippen LogP) is 2.54. The third kappa shape index (κ3) is 6.26. The first-order valence-corrected chi connectivity index (χ1v) is 11.8. The van der Waals surface area contributed by atoms with Crippen molar-refractivity contribution in [2.75, 3.05) is 5.43 Å². The van der Waals surface area contributed by atoms with Gasteiger partial charge in [0.05, 0.1) is 21.2 Å². The lowest BCUT2D eigenvalue weighted by Crippen LogP contribution is -2.11. The third-order valence-electron chi connectivity index (χ3n) is 3.93. The van der Waals surface area contributed by atoms with Crippen molar-refractivity contribution < 1.29 is 16.8 Å². The number of azo groups is 1. The van der Waals surface area contributed by atoms with Gasteiger partial charge in [-0.05, 0) is 48.5 Å². The van der Waals surface area contributed by atoms with E-state index >= 15 is 0 Å². The van der Waals surface area contributed by atoms with E-state index in [-0.39, 0.29) is 15.6 Å². The molecule has 160 valence electrons. The second kappa shape index (κ2) is 9.14. The van der Waals surface area contributed by atoms with Gasteiger partial charge in [-0.25, -0.2) is 27.1 Å². The number of hydrogen-bond acceptors (Lipinski definition) is 7. The van der Waals surface area contributed by atoms with Crippen LogP contribution < -0.4 is 15.7 Å². The summed E-state index contributed by atoms with van der Waals surface area (Å²) < 4.78 is 45.4. The Labute approximate surface area is 179 Å². The van der Waals surface area contributed by atoms with Crippen LogP contribution in [-0.4, -0.2) is 22.7 Å². The smallest absolute Gasteiger partial charge is 0.238 e. The molecule has 0 spiro atoms. The zero-order valence-corrected chi connectivity index (χ0v) is 17.6. The second-order valence-electron chi connectivity index (χ2n) is 6.22. The molecule has 0 bridgehead atoms. The van der Waals surface area contributed by atoms with Crippen LogP contribution in [0.25, 0.3) is 0 Å². The van der Waals surface area contributed by atoms with Crippen LogP contribution >= 0.6 is 0 Å². The Balaban J connectivity index is 1.86. The summed E-state index contributed by atoms with van der Waals surface area (Å²) in [5.41, 5.74) is 4.36. The lowest BCUT2D eigenvalue weighted by molar-refractivity contribution is 0.596. The van der Waals surface area contributed by atoms with E-state index in [1.165, 1.54) is 48.5 Å². The summed E-state index contributed by atoms with van der Waals surface area (Å²) in [7, 11) is -7.59. The van der Waals surface area contributed by atoms with E-state index in [1.807, 2.05) is 18.2 Å². The summed E-state index contributed by atoms with van der Waals surface area (Å²) in [5.74, 6) is 0.242. The van der Waals surface area contributed by atoms with Gasteiger partial charge >= 0.3 is 0 Å². The molecule has 0 saturated carbocycles. The molecule has 0 radical (unpaired) electrons. The Morgan fingerprint density at radius 1 is 0.710 bits per heavy atom. The fourth-order valence-corrected chi connectivity index (χ4v) is 3.41. The number of rotatable bonds is 6. The summed E-state index contributed by atoms with van der Waals surface area (Å²) in [6.45, 7) is 0. The SMILES string of the molecule is NS(=O)(=O)c1ccc(N=NC(=NNc2ccc(S(N)(=O)=O)cc2)c2ccccc2)cc1. The van der Waals surface area contributed by atoms with Gasteiger partial charge in [0.15, 0.2) is 0 Å². The molecular formula is C19H18N6O4S2. The largest absolute Gasteiger partial charge is 0.276 e. The van der Waals surface area contributed by atoms with E-state index in [0.29, 0.717) is 16.9 Å². The van der Waals surface area contributed by atoms with Gasteiger partial charge < -0.3 is 0 Å². The molecule has 12 heteroatoms. The molecule has 3 rings (SSSR count). The van der Waals surface area contributed by atoms with Crippen LogP contribution in [-0.2, 0) is 20.0 Å². The van der Waals surface area contributed by atoms with E-state index in [4.69, 9.17) is 10.3 Å². The number of benzene rings is 3. The van der Waals surface area contributed by atoms with Gasteiger partial charge in [-0.2, -0.15) is 5.10 Å². The molecule has 0 atom stereocenters. The minimum atomic E-state index is -3.80. The van der Waals surface area contributed by atoms with Crippen LogP contribution in [0.2, 0.25) is 0 Å². The first kappa shape index (κ1) is 22.2. The molecular weight excluding hydrogens is 440 g/mol. The van der Waals surface area contributed by atoms with Gasteiger partial charge in [-0.15, -0.1) is 10.2 Å². The van der Waals surface area contributed by atoms with Crippen LogP contribution in [0.1, 0.15) is 5.56 Å². The van der Waals surface area contributed by atoms with Gasteiger partial charge in [0, 0.05) is 5.56 Å². The molecule has 0 saturated heterocycles. The van der Waals surface area contributed by atoms with Crippen LogP contribution in [0.15, 0.2) is 104 Å². The monoisotopic (exact) mass is 458 g/mol. The average molecular weight is 459 g/mol. The molecule has 3 aromatic rings. The Hall–Kier alpha value is -3.45. The molecule has 0 aliphatic carbocycles. The number of hydrogen-bond donors (Lipinski definition) is 3. The molecule has 0 unspecified atom stereocenters. The molecule has 0 aliphatic rings. The summed E-state index contributed by atoms with van der Waals surface area (Å²) in [5, 5.41) is 22.6. The van der Waals surface area contributed by atoms with Gasteiger partial charge in [0.1, 0.15) is 0 Å². The average Bonchev–Trinajstić information content (AvgIpc) is 2.74. The Bertz CT molecular complexity index is 1320. The summed E-state index contributed by atoms with van der Waals surface area (Å²) >= 11 is 0. The van der Waals surface area contributed by atoms with Crippen LogP contribution in [0, 0.1) is 0 Å². The summed E-state index contributed by atoms with van der Waals surface area (Å²) in [6.07, 6.45) is 0. The third-order valence-corrected chi connectivity index (χ3v) is 5.79. The molecule has 0 heterocycles. The van der Waals surface area contributed by atoms with Gasteiger partial charge in [-0.1, -0.05) is 30.3 Å². The second-order valence-corrected chi connectivity index (χ2v) is 9.34. The highest BCUT2D eigenvalue weighted by molar-refractivity contribution is 7.89. The lowest BCUT2D eigenvalue weighted by Gasteiger charge is -2.04. The van der Waals surface area contributed by atoms with Crippen molar-refractivity contribution in [1.82, 2.24) is 0 Å². The number of amidine groups is 1. The van der Waals surface area contributed by atoms with Crippen molar-refractivity contribution in [2.45, 2.75) is 9.79 Å². The minimum absolute atomic E-state index is 0.0204. The number of primary sulfonamides is 2. The van der Waals surface area contributed by atoms with Crippen molar-refractivity contribution in [1.29, 1.82) is 0 Å². The number of nitrogens with zero attached hydrogens (tertiary/aromatic N) is 3. The molecule has 10 nitrogen and oxygen atoms in total. The van der Waals surface area contributed by atoms with E-state index in [9.17, 15) is 16.8 Å². The zero-order chi connectivity index (χ0) is 22.5. The fraction of sp³-hybridized carbons (Fsp3) is 0. The maximum Gasteiger partial charge on any atom is 0.238 e. The number of nitrogens with two attached hydrogens (primary N) is 2. The molecule has 0 aromatic heterocycles. The first-order chi connectivity index (χ1) is 14.6. The van der Waals surface area contributed by atoms with Gasteiger partial charge in [-0.3, -0.25) is 5.43 Å². The topological polar surface area (TPSA) is 169 Å². The van der Waals surface area contributed by atoms with E-state index in [0.717, 1.165) is 0 Å². The standard InChI is InChI=1S/C19H18N6O4S2/c20-30(26,27)17-10-6-15(7-11-17)22-24-19(14-4-2-1-3-5-14)25-23-16-8-12-18(13-9-16)31(21,28)29/h1-13,22H,(H2,20,26,27)(H2,21,28,29). The van der Waals surface area contributed by atoms with Gasteiger partial charge in [0.2, 0.25) is 25.9 Å². The number of nitrogens with one attached hydrogen (secondary N) is 1. The molecule has 3 aromatic carbocycles. The highest BCUT2D eigenvalue weighted by Crippen LogP contribution is 2.17. The number of hydrazone groups is 1. The van der Waals surface area contributed by atoms with E-state index in [2.05, 4.69) is 20.8 Å². The van der Waals surface area contributed by atoms with Crippen molar-refractivity contribution in [3.8, 4) is 0 Å². The van der Waals surface area contributed by atoms with Gasteiger partial charge in [0.25, 0.3) is 0 Å². The predicted molar refractivity (Wildman–Crippen MR) is 117 cm³/mol. The van der Waals surface area contributed by atoms with Crippen molar-refractivity contribution >= 4 is 37.3 Å². The maximum atomic E-state index is 11.4. The molecule has 5 N–H and O–H groups in total. The molecule has 31 heavy (non-hydrogen) atoms. The Morgan fingerprint density at radius 3 is 1.74 bits per heavy atom. The van der Waals surface area contributed by atoms with E-state index < -0.39 is 20.0 Å². The van der Waals surface area contributed by atoms with Crippen LogP contribution in [0.4, 0.5) is 11.4 Å². The highest BCUT2D eigenvalue weighted by Gasteiger charge is 2.08. The van der Waals surface area contributed by atoms with Crippen molar-refractivity contribution in [3.63, 3.8) is 0 Å². The Kier molecular flexibility index (Phi) is 6.56. The first-order valence-electron chi connectivity index (χ1n) is 8.69. The fourth-order valence-electron chi connectivity index (χ4n) is 2.38. The Morgan fingerprint density at radius 2 is 1.23 bits per heavy atom. The normalized spacial score (nSPS) is 12.8. The minimum Gasteiger partial charge on any atom is -0.276 e. The number of anilines is 1. The summed E-state index contributed by atoms with van der Waals surface area (Å²) in [4.78, 5) is -0.0547. The highest BCUT2D eigenvalue weighted by atomic mass is 32.2. The van der Waals surface area contributed by atoms with Crippen LogP contribution in [0.5, 0.6) is 0 Å². The quantitative estimate of drug-likeness (QED) is 0.223. The molecule has 0 amide bonds. The molecule has 0 aliphatic heterocycles. The molecule has 0 fully saturated rings.